The first-order chi connectivity index (χ1) is 17.5. The van der Waals surface area contributed by atoms with Crippen LogP contribution in [-0.4, -0.2) is 21.1 Å². The quantitative estimate of drug-likeness (QED) is 0.137. The zero-order valence-corrected chi connectivity index (χ0v) is 20.8. The van der Waals surface area contributed by atoms with Crippen LogP contribution in [-0.2, 0) is 4.79 Å². The first-order valence-corrected chi connectivity index (χ1v) is 12.3. The summed E-state index contributed by atoms with van der Waals surface area (Å²) in [6.07, 6.45) is 2.94. The van der Waals surface area contributed by atoms with Gasteiger partial charge < -0.3 is 14.8 Å². The van der Waals surface area contributed by atoms with Crippen LogP contribution in [0.2, 0.25) is 0 Å². The summed E-state index contributed by atoms with van der Waals surface area (Å²) in [6, 6.07) is 24.7. The summed E-state index contributed by atoms with van der Waals surface area (Å²) in [4.78, 5) is 17.0. The number of amides is 1. The van der Waals surface area contributed by atoms with Crippen LogP contribution in [0, 0.1) is 6.92 Å². The Kier molecular flexibility index (Phi) is 6.62. The molecular weight excluding hydrogens is 490 g/mol. The van der Waals surface area contributed by atoms with E-state index in [-0.39, 0.29) is 10.9 Å². The van der Waals surface area contributed by atoms with Crippen molar-refractivity contribution in [3.63, 3.8) is 0 Å². The Morgan fingerprint density at radius 2 is 1.83 bits per heavy atom. The van der Waals surface area contributed by atoms with Crippen molar-refractivity contribution in [3.8, 4) is 27.6 Å². The zero-order valence-electron chi connectivity index (χ0n) is 19.2. The average molecular weight is 512 g/mol. The summed E-state index contributed by atoms with van der Waals surface area (Å²) in [6.45, 7) is 1.80. The lowest BCUT2D eigenvalue weighted by Gasteiger charge is -2.12. The number of hydrogen-bond donors (Lipinski definition) is 3. The minimum atomic E-state index is -0.396. The summed E-state index contributed by atoms with van der Waals surface area (Å²) < 4.78 is 6.81. The molecule has 0 saturated carbocycles. The number of thiazole rings is 1. The van der Waals surface area contributed by atoms with Crippen molar-refractivity contribution >= 4 is 56.6 Å². The molecule has 178 valence electrons. The number of fused-ring (bicyclic) bond motifs is 1. The van der Waals surface area contributed by atoms with Crippen LogP contribution in [0.4, 0.5) is 5.69 Å². The van der Waals surface area contributed by atoms with Crippen LogP contribution in [0.1, 0.15) is 11.3 Å². The second-order valence-corrected chi connectivity index (χ2v) is 9.46. The van der Waals surface area contributed by atoms with Gasteiger partial charge in [-0.25, -0.2) is 4.98 Å². The number of thiocarbonyl (C=S) groups is 1. The number of benzene rings is 3. The largest absolute Gasteiger partial charge is 0.507 e. The van der Waals surface area contributed by atoms with Crippen molar-refractivity contribution in [1.82, 2.24) is 10.3 Å². The van der Waals surface area contributed by atoms with Crippen LogP contribution >= 0.6 is 23.6 Å². The third kappa shape index (κ3) is 5.19. The highest BCUT2D eigenvalue weighted by Crippen LogP contribution is 2.38. The van der Waals surface area contributed by atoms with Crippen LogP contribution < -0.4 is 10.6 Å². The summed E-state index contributed by atoms with van der Waals surface area (Å²) >= 11 is 6.82. The zero-order chi connectivity index (χ0) is 25.1. The molecule has 5 rings (SSSR count). The van der Waals surface area contributed by atoms with Gasteiger partial charge in [0.25, 0.3) is 0 Å². The second-order valence-electron chi connectivity index (χ2n) is 8.02. The Bertz CT molecular complexity index is 1570. The molecule has 8 heteroatoms. The number of phenolic OH excluding ortho intramolecular Hbond substituents is 1. The fourth-order valence-corrected chi connectivity index (χ4v) is 4.88. The number of aromatic nitrogens is 1. The third-order valence-corrected chi connectivity index (χ3v) is 6.68. The third-order valence-electron chi connectivity index (χ3n) is 5.40. The van der Waals surface area contributed by atoms with Gasteiger partial charge in [0.1, 0.15) is 22.3 Å². The number of aryl methyl sites for hydroxylation is 1. The molecule has 0 unspecified atom stereocenters. The van der Waals surface area contributed by atoms with Gasteiger partial charge in [0.2, 0.25) is 5.91 Å². The predicted molar refractivity (Wildman–Crippen MR) is 149 cm³/mol. The van der Waals surface area contributed by atoms with E-state index in [4.69, 9.17) is 16.6 Å². The highest BCUT2D eigenvalue weighted by Gasteiger charge is 2.14. The number of anilines is 1. The lowest BCUT2D eigenvalue weighted by molar-refractivity contribution is -0.115. The minimum Gasteiger partial charge on any atom is -0.507 e. The Hall–Kier alpha value is -4.27. The number of aromatic hydroxyl groups is 1. The summed E-state index contributed by atoms with van der Waals surface area (Å²) in [5.41, 5.74) is 3.72. The number of phenols is 1. The van der Waals surface area contributed by atoms with E-state index in [0.717, 1.165) is 21.5 Å². The summed E-state index contributed by atoms with van der Waals surface area (Å²) in [5.74, 6) is 1.04. The molecule has 36 heavy (non-hydrogen) atoms. The first-order valence-electron chi connectivity index (χ1n) is 11.1. The number of nitrogens with one attached hydrogen (secondary N) is 2. The van der Waals surface area contributed by atoms with Crippen LogP contribution in [0.15, 0.2) is 89.4 Å². The first kappa shape index (κ1) is 23.5. The summed E-state index contributed by atoms with van der Waals surface area (Å²) in [5, 5.41) is 17.1. The van der Waals surface area contributed by atoms with E-state index >= 15 is 0 Å². The number of para-hydroxylation sites is 1. The number of nitrogens with zero attached hydrogens (tertiary/aromatic N) is 1. The van der Waals surface area contributed by atoms with Crippen LogP contribution in [0.3, 0.4) is 0 Å². The molecule has 3 N–H and O–H groups in total. The lowest BCUT2D eigenvalue weighted by atomic mass is 10.1. The second kappa shape index (κ2) is 10.2. The molecule has 1 amide bonds. The SMILES string of the molecule is Cc1cc(NC(=S)NC(=O)/C=C/c2ccc(-c3ccccc3)o2)cc(-c2nc3ccccc3s2)c1O. The van der Waals surface area contributed by atoms with Crippen LogP contribution in [0.5, 0.6) is 5.75 Å². The van der Waals surface area contributed by atoms with Gasteiger partial charge in [-0.05, 0) is 67.2 Å². The van der Waals surface area contributed by atoms with Crippen LogP contribution in [0.25, 0.3) is 38.2 Å². The van der Waals surface area contributed by atoms with Gasteiger partial charge >= 0.3 is 0 Å². The van der Waals surface area contributed by atoms with E-state index < -0.39 is 5.91 Å². The Morgan fingerprint density at radius 1 is 1.06 bits per heavy atom. The summed E-state index contributed by atoms with van der Waals surface area (Å²) in [7, 11) is 0. The molecule has 0 saturated heterocycles. The van der Waals surface area contributed by atoms with E-state index in [0.29, 0.717) is 27.6 Å². The fraction of sp³-hybridized carbons (Fsp3) is 0.0357. The number of carbonyl (C=O) groups is 1. The van der Waals surface area contributed by atoms with Crippen molar-refractivity contribution in [3.05, 3.63) is 96.3 Å². The maximum Gasteiger partial charge on any atom is 0.250 e. The molecule has 5 aromatic rings. The molecule has 2 aromatic heterocycles. The molecule has 0 fully saturated rings. The van der Waals surface area contributed by atoms with E-state index in [9.17, 15) is 9.90 Å². The van der Waals surface area contributed by atoms with Gasteiger partial charge in [0.15, 0.2) is 5.11 Å². The molecular formula is C28H21N3O3S2. The van der Waals surface area contributed by atoms with Gasteiger partial charge in [-0.15, -0.1) is 11.3 Å². The van der Waals surface area contributed by atoms with Crippen molar-refractivity contribution in [1.29, 1.82) is 0 Å². The van der Waals surface area contributed by atoms with E-state index in [1.54, 1.807) is 31.2 Å². The average Bonchev–Trinajstić information content (AvgIpc) is 3.52. The molecule has 3 aromatic carbocycles. The van der Waals surface area contributed by atoms with Gasteiger partial charge in [0.05, 0.1) is 15.8 Å². The monoisotopic (exact) mass is 511 g/mol. The Balaban J connectivity index is 1.26. The van der Waals surface area contributed by atoms with E-state index in [1.807, 2.05) is 60.7 Å². The van der Waals surface area contributed by atoms with Crippen molar-refractivity contribution in [2.45, 2.75) is 6.92 Å². The Labute approximate surface area is 216 Å². The van der Waals surface area contributed by atoms with E-state index in [2.05, 4.69) is 15.6 Å². The van der Waals surface area contributed by atoms with Gasteiger partial charge in [0, 0.05) is 17.3 Å². The fourth-order valence-electron chi connectivity index (χ4n) is 3.68. The maximum absolute atomic E-state index is 12.4. The van der Waals surface area contributed by atoms with Crippen molar-refractivity contribution in [2.24, 2.45) is 0 Å². The predicted octanol–water partition coefficient (Wildman–Crippen LogP) is 6.76. The van der Waals surface area contributed by atoms with Gasteiger partial charge in [-0.1, -0.05) is 42.5 Å². The maximum atomic E-state index is 12.4. The highest BCUT2D eigenvalue weighted by atomic mass is 32.1. The number of rotatable bonds is 5. The molecule has 0 atom stereocenters. The standard InChI is InChI=1S/C28H21N3O3S2/c1-17-15-19(16-21(26(17)33)27-30-22-9-5-6-10-24(22)36-27)29-28(35)31-25(32)14-12-20-11-13-23(34-20)18-7-3-2-4-8-18/h2-16,33H,1H3,(H2,29,31,32,35)/b14-12+. The number of carbonyl (C=O) groups excluding carboxylic acids is 1. The molecule has 2 heterocycles. The molecule has 0 radical (unpaired) electrons. The Morgan fingerprint density at radius 3 is 2.64 bits per heavy atom. The van der Waals surface area contributed by atoms with Gasteiger partial charge in [-0.2, -0.15) is 0 Å². The molecule has 6 nitrogen and oxygen atoms in total. The van der Waals surface area contributed by atoms with Crippen molar-refractivity contribution in [2.75, 3.05) is 5.32 Å². The van der Waals surface area contributed by atoms with Crippen molar-refractivity contribution < 1.29 is 14.3 Å². The smallest absolute Gasteiger partial charge is 0.250 e. The molecule has 0 aliphatic heterocycles. The van der Waals surface area contributed by atoms with E-state index in [1.165, 1.54) is 17.4 Å². The lowest BCUT2D eigenvalue weighted by Crippen LogP contribution is -2.32. The topological polar surface area (TPSA) is 87.4 Å². The molecule has 0 aliphatic carbocycles. The molecule has 0 aliphatic rings. The number of furan rings is 1. The number of hydrogen-bond acceptors (Lipinski definition) is 6. The minimum absolute atomic E-state index is 0.134. The molecule has 0 spiro atoms. The highest BCUT2D eigenvalue weighted by molar-refractivity contribution is 7.80. The molecule has 0 bridgehead atoms. The van der Waals surface area contributed by atoms with Gasteiger partial charge in [-0.3, -0.25) is 10.1 Å². The normalized spacial score (nSPS) is 11.1.